The van der Waals surface area contributed by atoms with Crippen LogP contribution in [0.15, 0.2) is 36.8 Å². The highest BCUT2D eigenvalue weighted by atomic mass is 35.5. The molecule has 82 valence electrons. The zero-order chi connectivity index (χ0) is 11.4. The fourth-order valence-electron chi connectivity index (χ4n) is 1.27. The van der Waals surface area contributed by atoms with Gasteiger partial charge in [-0.3, -0.25) is 0 Å². The van der Waals surface area contributed by atoms with Crippen molar-refractivity contribution in [3.63, 3.8) is 0 Å². The number of nitrogens with one attached hydrogen (secondary N) is 1. The Morgan fingerprint density at radius 1 is 1.31 bits per heavy atom. The average molecular weight is 254 g/mol. The van der Waals surface area contributed by atoms with Crippen molar-refractivity contribution in [2.24, 2.45) is 0 Å². The van der Waals surface area contributed by atoms with Crippen molar-refractivity contribution < 1.29 is 0 Å². The maximum absolute atomic E-state index is 5.93. The van der Waals surface area contributed by atoms with Crippen molar-refractivity contribution in [3.8, 4) is 0 Å². The van der Waals surface area contributed by atoms with E-state index in [1.165, 1.54) is 6.33 Å². The predicted molar refractivity (Wildman–Crippen MR) is 66.3 cm³/mol. The van der Waals surface area contributed by atoms with Crippen LogP contribution in [0, 0.1) is 0 Å². The third-order valence-electron chi connectivity index (χ3n) is 2.01. The summed E-state index contributed by atoms with van der Waals surface area (Å²) < 4.78 is 0. The van der Waals surface area contributed by atoms with Crippen LogP contribution >= 0.6 is 23.2 Å². The van der Waals surface area contributed by atoms with E-state index < -0.39 is 0 Å². The van der Waals surface area contributed by atoms with Gasteiger partial charge in [0, 0.05) is 11.6 Å². The van der Waals surface area contributed by atoms with Crippen LogP contribution in [0.4, 0.5) is 11.5 Å². The van der Waals surface area contributed by atoms with Crippen LogP contribution in [0.5, 0.6) is 0 Å². The Kier molecular flexibility index (Phi) is 3.59. The van der Waals surface area contributed by atoms with Gasteiger partial charge < -0.3 is 5.32 Å². The van der Waals surface area contributed by atoms with Gasteiger partial charge in [-0.1, -0.05) is 23.7 Å². The molecule has 2 rings (SSSR count). The number of nitrogens with zero attached hydrogens (tertiary/aromatic N) is 2. The van der Waals surface area contributed by atoms with Crippen LogP contribution in [0.25, 0.3) is 0 Å². The second-order valence-corrected chi connectivity index (χ2v) is 3.85. The Morgan fingerprint density at radius 3 is 2.94 bits per heavy atom. The summed E-state index contributed by atoms with van der Waals surface area (Å²) in [4.78, 5) is 7.86. The molecule has 1 heterocycles. The second kappa shape index (κ2) is 5.14. The first-order valence-corrected chi connectivity index (χ1v) is 5.58. The summed E-state index contributed by atoms with van der Waals surface area (Å²) >= 11 is 11.7. The Morgan fingerprint density at radius 2 is 2.19 bits per heavy atom. The Bertz CT molecular complexity index is 488. The van der Waals surface area contributed by atoms with Gasteiger partial charge in [0.1, 0.15) is 11.3 Å². The molecule has 0 fully saturated rings. The van der Waals surface area contributed by atoms with Gasteiger partial charge in [0.15, 0.2) is 5.82 Å². The Labute approximate surface area is 103 Å². The van der Waals surface area contributed by atoms with Crippen LogP contribution in [0.3, 0.4) is 0 Å². The van der Waals surface area contributed by atoms with E-state index in [1.807, 2.05) is 24.3 Å². The first-order chi connectivity index (χ1) is 7.79. The molecular weight excluding hydrogens is 245 g/mol. The molecule has 1 N–H and O–H groups in total. The lowest BCUT2D eigenvalue weighted by molar-refractivity contribution is 1.17. The predicted octanol–water partition coefficient (Wildman–Crippen LogP) is 3.61. The van der Waals surface area contributed by atoms with Gasteiger partial charge >= 0.3 is 0 Å². The summed E-state index contributed by atoms with van der Waals surface area (Å²) in [7, 11) is 0. The number of aromatic nitrogens is 2. The van der Waals surface area contributed by atoms with Gasteiger partial charge in [0.25, 0.3) is 0 Å². The first-order valence-electron chi connectivity index (χ1n) is 4.67. The van der Waals surface area contributed by atoms with E-state index in [4.69, 9.17) is 23.2 Å². The molecule has 5 heteroatoms. The highest BCUT2D eigenvalue weighted by molar-refractivity contribution is 6.32. The maximum Gasteiger partial charge on any atom is 0.152 e. The van der Waals surface area contributed by atoms with E-state index in [0.29, 0.717) is 16.7 Å². The lowest BCUT2D eigenvalue weighted by Gasteiger charge is -2.07. The zero-order valence-electron chi connectivity index (χ0n) is 8.32. The quantitative estimate of drug-likeness (QED) is 0.850. The van der Waals surface area contributed by atoms with Crippen LogP contribution in [0.2, 0.25) is 5.02 Å². The molecule has 16 heavy (non-hydrogen) atoms. The number of benzene rings is 1. The van der Waals surface area contributed by atoms with Crippen molar-refractivity contribution in [1.29, 1.82) is 0 Å². The number of anilines is 2. The lowest BCUT2D eigenvalue weighted by atomic mass is 10.2. The molecule has 2 aromatic rings. The normalized spacial score (nSPS) is 10.1. The standard InChI is InChI=1S/C11H9Cl2N3/c12-5-8-2-1-3-9(4-8)16-11-10(13)6-14-7-15-11/h1-4,6-7H,5H2,(H,14,15,16). The van der Waals surface area contributed by atoms with Crippen molar-refractivity contribution in [2.45, 2.75) is 5.88 Å². The number of alkyl halides is 1. The topological polar surface area (TPSA) is 37.8 Å². The SMILES string of the molecule is ClCc1cccc(Nc2ncncc2Cl)c1. The van der Waals surface area contributed by atoms with E-state index in [9.17, 15) is 0 Å². The number of rotatable bonds is 3. The van der Waals surface area contributed by atoms with E-state index in [1.54, 1.807) is 6.20 Å². The molecule has 0 saturated heterocycles. The minimum atomic E-state index is 0.479. The largest absolute Gasteiger partial charge is 0.339 e. The van der Waals surface area contributed by atoms with Gasteiger partial charge in [-0.25, -0.2) is 9.97 Å². The molecule has 0 spiro atoms. The van der Waals surface area contributed by atoms with Crippen LogP contribution < -0.4 is 5.32 Å². The monoisotopic (exact) mass is 253 g/mol. The molecule has 0 radical (unpaired) electrons. The molecule has 0 aliphatic carbocycles. The summed E-state index contributed by atoms with van der Waals surface area (Å²) in [6.07, 6.45) is 2.99. The molecule has 1 aromatic heterocycles. The smallest absolute Gasteiger partial charge is 0.152 e. The first kappa shape index (κ1) is 11.2. The molecule has 0 atom stereocenters. The van der Waals surface area contributed by atoms with E-state index >= 15 is 0 Å². The van der Waals surface area contributed by atoms with Gasteiger partial charge in [-0.15, -0.1) is 11.6 Å². The summed E-state index contributed by atoms with van der Waals surface area (Å²) in [6, 6.07) is 7.76. The molecule has 0 aliphatic heterocycles. The van der Waals surface area contributed by atoms with E-state index in [-0.39, 0.29) is 0 Å². The fraction of sp³-hybridized carbons (Fsp3) is 0.0909. The number of hydrogen-bond acceptors (Lipinski definition) is 3. The highest BCUT2D eigenvalue weighted by Crippen LogP contribution is 2.22. The minimum Gasteiger partial charge on any atom is -0.339 e. The fourth-order valence-corrected chi connectivity index (χ4v) is 1.59. The Hall–Kier alpha value is -1.32. The number of hydrogen-bond donors (Lipinski definition) is 1. The van der Waals surface area contributed by atoms with Crippen LogP contribution in [0.1, 0.15) is 5.56 Å². The van der Waals surface area contributed by atoms with E-state index in [2.05, 4.69) is 15.3 Å². The third-order valence-corrected chi connectivity index (χ3v) is 2.60. The van der Waals surface area contributed by atoms with Crippen molar-refractivity contribution in [2.75, 3.05) is 5.32 Å². The highest BCUT2D eigenvalue weighted by Gasteiger charge is 2.01. The summed E-state index contributed by atoms with van der Waals surface area (Å²) in [6.45, 7) is 0. The second-order valence-electron chi connectivity index (χ2n) is 3.18. The minimum absolute atomic E-state index is 0.479. The van der Waals surface area contributed by atoms with Crippen molar-refractivity contribution >= 4 is 34.7 Å². The number of halogens is 2. The maximum atomic E-state index is 5.93. The zero-order valence-corrected chi connectivity index (χ0v) is 9.83. The van der Waals surface area contributed by atoms with Gasteiger partial charge in [-0.05, 0) is 17.7 Å². The van der Waals surface area contributed by atoms with E-state index in [0.717, 1.165) is 11.3 Å². The lowest BCUT2D eigenvalue weighted by Crippen LogP contribution is -1.95. The molecule has 3 nitrogen and oxygen atoms in total. The molecule has 1 aromatic carbocycles. The van der Waals surface area contributed by atoms with Crippen molar-refractivity contribution in [1.82, 2.24) is 9.97 Å². The molecule has 0 amide bonds. The van der Waals surface area contributed by atoms with Crippen LogP contribution in [-0.4, -0.2) is 9.97 Å². The molecule has 0 aliphatic rings. The van der Waals surface area contributed by atoms with Crippen LogP contribution in [-0.2, 0) is 5.88 Å². The molecule has 0 unspecified atom stereocenters. The third kappa shape index (κ3) is 2.62. The summed E-state index contributed by atoms with van der Waals surface area (Å²) in [5.74, 6) is 1.07. The van der Waals surface area contributed by atoms with Gasteiger partial charge in [0.05, 0.1) is 6.20 Å². The molecule has 0 saturated carbocycles. The van der Waals surface area contributed by atoms with Gasteiger partial charge in [-0.2, -0.15) is 0 Å². The van der Waals surface area contributed by atoms with Crippen molar-refractivity contribution in [3.05, 3.63) is 47.4 Å². The molecular formula is C11H9Cl2N3. The summed E-state index contributed by atoms with van der Waals surface area (Å²) in [5.41, 5.74) is 1.94. The summed E-state index contributed by atoms with van der Waals surface area (Å²) in [5, 5.41) is 3.59. The average Bonchev–Trinajstić information content (AvgIpc) is 2.32. The molecule has 0 bridgehead atoms. The van der Waals surface area contributed by atoms with Gasteiger partial charge in [0.2, 0.25) is 0 Å². The Balaban J connectivity index is 2.24.